The van der Waals surface area contributed by atoms with E-state index in [0.717, 1.165) is 38.6 Å². The fraction of sp³-hybridized carbons (Fsp3) is 0.905. The second-order valence-electron chi connectivity index (χ2n) is 8.76. The second kappa shape index (κ2) is 11.0. The molecule has 3 saturated heterocycles. The Kier molecular flexibility index (Phi) is 8.40. The normalized spacial score (nSPS) is 27.1. The summed E-state index contributed by atoms with van der Waals surface area (Å²) >= 11 is 0. The average Bonchev–Trinajstić information content (AvgIpc) is 3.17. The topological polar surface area (TPSA) is 60.4 Å². The van der Waals surface area contributed by atoms with Gasteiger partial charge in [-0.2, -0.15) is 0 Å². The average molecular weight is 394 g/mol. The van der Waals surface area contributed by atoms with E-state index in [2.05, 4.69) is 20.1 Å². The Morgan fingerprint density at radius 2 is 1.93 bits per heavy atom. The number of nitrogens with zero attached hydrogens (tertiary/aromatic N) is 4. The summed E-state index contributed by atoms with van der Waals surface area (Å²) in [4.78, 5) is 23.3. The van der Waals surface area contributed by atoms with Crippen LogP contribution in [0.1, 0.15) is 44.9 Å². The van der Waals surface area contributed by atoms with Gasteiger partial charge in [0.15, 0.2) is 5.96 Å². The van der Waals surface area contributed by atoms with Crippen molar-refractivity contribution in [3.8, 4) is 0 Å². The number of likely N-dealkylation sites (N-methyl/N-ethyl adjacent to an activating group) is 1. The van der Waals surface area contributed by atoms with E-state index in [1.54, 1.807) is 19.0 Å². The van der Waals surface area contributed by atoms with E-state index in [-0.39, 0.29) is 18.6 Å². The van der Waals surface area contributed by atoms with Gasteiger partial charge >= 0.3 is 0 Å². The third-order valence-corrected chi connectivity index (χ3v) is 6.18. The minimum atomic E-state index is 0.0391. The van der Waals surface area contributed by atoms with Crippen LogP contribution in [0.5, 0.6) is 0 Å². The van der Waals surface area contributed by atoms with Crippen LogP contribution in [0.25, 0.3) is 0 Å². The SMILES string of the molecule is CN(C)C(=O)CN=C(NCC1CCCCO1)N1CCC(CN2CCCCC2)C1. The van der Waals surface area contributed by atoms with Crippen molar-refractivity contribution < 1.29 is 9.53 Å². The zero-order chi connectivity index (χ0) is 19.8. The van der Waals surface area contributed by atoms with Gasteiger partial charge < -0.3 is 24.8 Å². The van der Waals surface area contributed by atoms with Crippen molar-refractivity contribution in [1.29, 1.82) is 0 Å². The van der Waals surface area contributed by atoms with E-state index in [9.17, 15) is 4.79 Å². The lowest BCUT2D eigenvalue weighted by Crippen LogP contribution is -2.45. The van der Waals surface area contributed by atoms with Crippen LogP contribution < -0.4 is 5.32 Å². The number of amides is 1. The number of nitrogens with one attached hydrogen (secondary N) is 1. The van der Waals surface area contributed by atoms with Gasteiger partial charge in [-0.25, -0.2) is 4.99 Å². The molecule has 3 heterocycles. The van der Waals surface area contributed by atoms with Crippen LogP contribution in [-0.2, 0) is 9.53 Å². The monoisotopic (exact) mass is 393 g/mol. The Balaban J connectivity index is 1.54. The van der Waals surface area contributed by atoms with Crippen LogP contribution in [0, 0.1) is 5.92 Å². The largest absolute Gasteiger partial charge is 0.376 e. The molecule has 2 atom stereocenters. The standard InChI is InChI=1S/C21H39N5O2/c1-24(2)20(27)15-23-21(22-14-19-8-4-7-13-28-19)26-12-9-18(17-26)16-25-10-5-3-6-11-25/h18-19H,3-17H2,1-2H3,(H,22,23). The Labute approximate surface area is 170 Å². The zero-order valence-corrected chi connectivity index (χ0v) is 17.9. The van der Waals surface area contributed by atoms with Crippen molar-refractivity contribution in [3.05, 3.63) is 0 Å². The lowest BCUT2D eigenvalue weighted by atomic mass is 10.1. The van der Waals surface area contributed by atoms with Crippen LogP contribution in [0.2, 0.25) is 0 Å². The molecule has 0 aliphatic carbocycles. The molecule has 28 heavy (non-hydrogen) atoms. The number of carbonyl (C=O) groups is 1. The molecule has 3 aliphatic rings. The first-order valence-electron chi connectivity index (χ1n) is 11.2. The minimum absolute atomic E-state index is 0.0391. The van der Waals surface area contributed by atoms with E-state index >= 15 is 0 Å². The number of rotatable bonds is 6. The van der Waals surface area contributed by atoms with Gasteiger partial charge in [0, 0.05) is 46.9 Å². The molecule has 3 rings (SSSR count). The predicted molar refractivity (Wildman–Crippen MR) is 113 cm³/mol. The molecular formula is C21H39N5O2. The van der Waals surface area contributed by atoms with E-state index < -0.39 is 0 Å². The van der Waals surface area contributed by atoms with Crippen molar-refractivity contribution >= 4 is 11.9 Å². The van der Waals surface area contributed by atoms with Gasteiger partial charge in [-0.05, 0) is 57.5 Å². The molecule has 1 amide bonds. The highest BCUT2D eigenvalue weighted by molar-refractivity contribution is 5.85. The quantitative estimate of drug-likeness (QED) is 0.546. The zero-order valence-electron chi connectivity index (χ0n) is 17.9. The molecule has 7 nitrogen and oxygen atoms in total. The highest BCUT2D eigenvalue weighted by Gasteiger charge is 2.28. The van der Waals surface area contributed by atoms with Crippen LogP contribution >= 0.6 is 0 Å². The molecule has 0 saturated carbocycles. The van der Waals surface area contributed by atoms with Crippen molar-refractivity contribution in [2.45, 2.75) is 51.0 Å². The van der Waals surface area contributed by atoms with E-state index in [4.69, 9.17) is 4.74 Å². The maximum atomic E-state index is 12.0. The highest BCUT2D eigenvalue weighted by Crippen LogP contribution is 2.20. The Morgan fingerprint density at radius 3 is 2.64 bits per heavy atom. The summed E-state index contributed by atoms with van der Waals surface area (Å²) in [5.74, 6) is 1.61. The molecule has 7 heteroatoms. The fourth-order valence-corrected chi connectivity index (χ4v) is 4.41. The third kappa shape index (κ3) is 6.62. The molecule has 3 aliphatic heterocycles. The molecule has 2 unspecified atom stereocenters. The van der Waals surface area contributed by atoms with Gasteiger partial charge in [0.2, 0.25) is 5.91 Å². The Bertz CT molecular complexity index is 513. The van der Waals surface area contributed by atoms with Crippen molar-refractivity contribution in [1.82, 2.24) is 20.0 Å². The summed E-state index contributed by atoms with van der Waals surface area (Å²) in [6.45, 7) is 7.61. The maximum absolute atomic E-state index is 12.0. The number of carbonyl (C=O) groups excluding carboxylic acids is 1. The lowest BCUT2D eigenvalue weighted by molar-refractivity contribution is -0.127. The van der Waals surface area contributed by atoms with Gasteiger partial charge in [0.05, 0.1) is 6.10 Å². The van der Waals surface area contributed by atoms with Gasteiger partial charge in [-0.1, -0.05) is 6.42 Å². The summed E-state index contributed by atoms with van der Waals surface area (Å²) < 4.78 is 5.86. The van der Waals surface area contributed by atoms with Crippen LogP contribution in [-0.4, -0.2) is 99.2 Å². The highest BCUT2D eigenvalue weighted by atomic mass is 16.5. The van der Waals surface area contributed by atoms with Crippen LogP contribution in [0.3, 0.4) is 0 Å². The van der Waals surface area contributed by atoms with E-state index in [1.807, 2.05) is 0 Å². The first kappa shape index (κ1) is 21.4. The molecule has 0 bridgehead atoms. The third-order valence-electron chi connectivity index (χ3n) is 6.18. The predicted octanol–water partition coefficient (Wildman–Crippen LogP) is 1.40. The molecule has 0 aromatic heterocycles. The molecule has 1 N–H and O–H groups in total. The molecule has 0 radical (unpaired) electrons. The second-order valence-corrected chi connectivity index (χ2v) is 8.76. The molecule has 0 aromatic carbocycles. The fourth-order valence-electron chi connectivity index (χ4n) is 4.41. The number of ether oxygens (including phenoxy) is 1. The summed E-state index contributed by atoms with van der Waals surface area (Å²) in [6.07, 6.45) is 9.05. The Morgan fingerprint density at radius 1 is 1.11 bits per heavy atom. The van der Waals surface area contributed by atoms with Crippen LogP contribution in [0.4, 0.5) is 0 Å². The summed E-state index contributed by atoms with van der Waals surface area (Å²) in [5.41, 5.74) is 0. The first-order chi connectivity index (χ1) is 13.6. The number of hydrogen-bond acceptors (Lipinski definition) is 4. The molecule has 160 valence electrons. The van der Waals surface area contributed by atoms with Gasteiger partial charge in [-0.15, -0.1) is 0 Å². The molecule has 0 aromatic rings. The number of aliphatic imine (C=N–C) groups is 1. The molecular weight excluding hydrogens is 354 g/mol. The van der Waals surface area contributed by atoms with Gasteiger partial charge in [0.25, 0.3) is 0 Å². The smallest absolute Gasteiger partial charge is 0.243 e. The first-order valence-corrected chi connectivity index (χ1v) is 11.2. The Hall–Kier alpha value is -1.34. The lowest BCUT2D eigenvalue weighted by Gasteiger charge is -2.29. The number of hydrogen-bond donors (Lipinski definition) is 1. The summed E-state index contributed by atoms with van der Waals surface area (Å²) in [7, 11) is 3.57. The molecule has 3 fully saturated rings. The maximum Gasteiger partial charge on any atom is 0.243 e. The summed E-state index contributed by atoms with van der Waals surface area (Å²) in [6, 6.07) is 0. The van der Waals surface area contributed by atoms with Crippen molar-refractivity contribution in [2.75, 3.05) is 66.5 Å². The number of likely N-dealkylation sites (tertiary alicyclic amines) is 2. The summed E-state index contributed by atoms with van der Waals surface area (Å²) in [5, 5.41) is 3.52. The van der Waals surface area contributed by atoms with Gasteiger partial charge in [-0.3, -0.25) is 4.79 Å². The van der Waals surface area contributed by atoms with Crippen molar-refractivity contribution in [3.63, 3.8) is 0 Å². The number of piperidine rings is 1. The minimum Gasteiger partial charge on any atom is -0.376 e. The van der Waals surface area contributed by atoms with Crippen LogP contribution in [0.15, 0.2) is 4.99 Å². The molecule has 0 spiro atoms. The van der Waals surface area contributed by atoms with E-state index in [1.165, 1.54) is 58.2 Å². The van der Waals surface area contributed by atoms with Crippen molar-refractivity contribution in [2.24, 2.45) is 10.9 Å². The number of guanidine groups is 1. The van der Waals surface area contributed by atoms with E-state index in [0.29, 0.717) is 5.92 Å². The van der Waals surface area contributed by atoms with Gasteiger partial charge in [0.1, 0.15) is 6.54 Å².